The molecule has 0 atom stereocenters. The highest BCUT2D eigenvalue weighted by Gasteiger charge is 1.76. The summed E-state index contributed by atoms with van der Waals surface area (Å²) in [5, 5.41) is 0. The Balaban J connectivity index is 2.83. The number of rotatable bonds is 2. The van der Waals surface area contributed by atoms with Crippen molar-refractivity contribution in [3.05, 3.63) is 12.1 Å². The third-order valence-corrected chi connectivity index (χ3v) is 0.677. The van der Waals surface area contributed by atoms with Gasteiger partial charge in [0.2, 0.25) is 0 Å². The van der Waals surface area contributed by atoms with Gasteiger partial charge in [-0.15, -0.1) is 12.1 Å². The predicted molar refractivity (Wildman–Crippen MR) is 32.6 cm³/mol. The van der Waals surface area contributed by atoms with Gasteiger partial charge in [0.25, 0.3) is 0 Å². The summed E-state index contributed by atoms with van der Waals surface area (Å²) in [6.07, 6.45) is 2.41. The van der Waals surface area contributed by atoms with Crippen LogP contribution in [0.1, 0.15) is 19.8 Å². The fourth-order valence-electron chi connectivity index (χ4n) is 0.427. The van der Waals surface area contributed by atoms with Crippen LogP contribution < -0.4 is 0 Å². The summed E-state index contributed by atoms with van der Waals surface area (Å²) >= 11 is 0. The summed E-state index contributed by atoms with van der Waals surface area (Å²) in [7, 11) is 2.06. The summed E-state index contributed by atoms with van der Waals surface area (Å²) in [6, 6.07) is 0. The van der Waals surface area contributed by atoms with Crippen LogP contribution in [0.25, 0.3) is 0 Å². The Morgan fingerprint density at radius 2 is 2.33 bits per heavy atom. The van der Waals surface area contributed by atoms with Crippen molar-refractivity contribution < 1.29 is 0 Å². The minimum absolute atomic E-state index is 1.18. The van der Waals surface area contributed by atoms with Crippen molar-refractivity contribution in [1.82, 2.24) is 0 Å². The quantitative estimate of drug-likeness (QED) is 0.434. The molecule has 0 aromatic carbocycles. The monoisotopic (exact) mass is 82.1 g/mol. The average molecular weight is 82.0 g/mol. The SMILES string of the molecule is BC(=C)CCC. The molecule has 0 aromatic rings. The van der Waals surface area contributed by atoms with E-state index < -0.39 is 0 Å². The van der Waals surface area contributed by atoms with E-state index in [0.29, 0.717) is 0 Å². The Morgan fingerprint density at radius 1 is 1.83 bits per heavy atom. The lowest BCUT2D eigenvalue weighted by Gasteiger charge is -1.87. The van der Waals surface area contributed by atoms with Crippen molar-refractivity contribution in [3.8, 4) is 0 Å². The second-order valence-corrected chi connectivity index (χ2v) is 1.71. The molecule has 0 N–H and O–H groups in total. The third-order valence-electron chi connectivity index (χ3n) is 0.677. The van der Waals surface area contributed by atoms with Crippen LogP contribution in [0.2, 0.25) is 0 Å². The molecule has 0 saturated heterocycles. The minimum atomic E-state index is 1.18. The van der Waals surface area contributed by atoms with Crippen molar-refractivity contribution in [2.75, 3.05) is 0 Å². The molecule has 1 heteroatoms. The van der Waals surface area contributed by atoms with Crippen LogP contribution in [0.15, 0.2) is 12.1 Å². The molecule has 34 valence electrons. The summed E-state index contributed by atoms with van der Waals surface area (Å²) in [6.45, 7) is 5.91. The molecule has 0 radical (unpaired) electrons. The Morgan fingerprint density at radius 3 is 2.33 bits per heavy atom. The first-order valence-electron chi connectivity index (χ1n) is 2.41. The Labute approximate surface area is 40.7 Å². The number of hydrogen-bond acceptors (Lipinski definition) is 0. The van der Waals surface area contributed by atoms with E-state index in [1.165, 1.54) is 18.3 Å². The maximum absolute atomic E-state index is 3.74. The van der Waals surface area contributed by atoms with E-state index in [9.17, 15) is 0 Å². The lowest BCUT2D eigenvalue weighted by Crippen LogP contribution is -1.73. The van der Waals surface area contributed by atoms with Gasteiger partial charge in [-0.2, -0.15) is 0 Å². The van der Waals surface area contributed by atoms with Crippen molar-refractivity contribution in [2.45, 2.75) is 19.8 Å². The minimum Gasteiger partial charge on any atom is -0.117 e. The van der Waals surface area contributed by atoms with Crippen LogP contribution >= 0.6 is 0 Å². The summed E-state index contributed by atoms with van der Waals surface area (Å²) < 4.78 is 0. The van der Waals surface area contributed by atoms with Gasteiger partial charge in [0.15, 0.2) is 0 Å². The van der Waals surface area contributed by atoms with Gasteiger partial charge in [-0.1, -0.05) is 13.3 Å². The fraction of sp³-hybridized carbons (Fsp3) is 0.600. The highest BCUT2D eigenvalue weighted by atomic mass is 13.8. The van der Waals surface area contributed by atoms with Crippen LogP contribution in [0.5, 0.6) is 0 Å². The highest BCUT2D eigenvalue weighted by Crippen LogP contribution is 1.92. The van der Waals surface area contributed by atoms with E-state index in [0.717, 1.165) is 0 Å². The van der Waals surface area contributed by atoms with Gasteiger partial charge in [0, 0.05) is 0 Å². The summed E-state index contributed by atoms with van der Waals surface area (Å²) in [4.78, 5) is 0. The molecule has 0 aromatic heterocycles. The number of hydrogen-bond donors (Lipinski definition) is 0. The normalized spacial score (nSPS) is 8.17. The van der Waals surface area contributed by atoms with E-state index in [-0.39, 0.29) is 0 Å². The molecule has 0 heterocycles. The van der Waals surface area contributed by atoms with Crippen molar-refractivity contribution in [2.24, 2.45) is 0 Å². The molecular formula is C5H11B. The zero-order chi connectivity index (χ0) is 4.99. The molecular weight excluding hydrogens is 70.9 g/mol. The van der Waals surface area contributed by atoms with Crippen molar-refractivity contribution in [1.29, 1.82) is 0 Å². The Hall–Kier alpha value is -0.195. The average Bonchev–Trinajstić information content (AvgIpc) is 1.35. The van der Waals surface area contributed by atoms with Gasteiger partial charge in [-0.3, -0.25) is 0 Å². The molecule has 0 nitrogen and oxygen atoms in total. The lowest BCUT2D eigenvalue weighted by atomic mass is 9.94. The molecule has 0 unspecified atom stereocenters. The number of allylic oxidation sites excluding steroid dienone is 1. The topological polar surface area (TPSA) is 0 Å². The van der Waals surface area contributed by atoms with Gasteiger partial charge in [0.05, 0.1) is 0 Å². The second-order valence-electron chi connectivity index (χ2n) is 1.71. The molecule has 0 bridgehead atoms. The van der Waals surface area contributed by atoms with Crippen molar-refractivity contribution >= 4 is 7.85 Å². The summed E-state index contributed by atoms with van der Waals surface area (Å²) in [5.74, 6) is 0. The molecule has 6 heavy (non-hydrogen) atoms. The first-order chi connectivity index (χ1) is 2.77. The Kier molecular flexibility index (Phi) is 2.92. The third kappa shape index (κ3) is 3.80. The van der Waals surface area contributed by atoms with Crippen LogP contribution in [0.3, 0.4) is 0 Å². The Bertz CT molecular complexity index is 47.9. The highest BCUT2D eigenvalue weighted by molar-refractivity contribution is 6.21. The van der Waals surface area contributed by atoms with E-state index in [2.05, 4.69) is 21.3 Å². The van der Waals surface area contributed by atoms with Gasteiger partial charge in [0.1, 0.15) is 7.85 Å². The molecule has 0 aliphatic rings. The lowest BCUT2D eigenvalue weighted by molar-refractivity contribution is 0.947. The first-order valence-corrected chi connectivity index (χ1v) is 2.41. The second kappa shape index (κ2) is 3.01. The molecule has 0 aliphatic heterocycles. The standard InChI is InChI=1S/C5H11B/c1-3-4-5(2)6/h2-4,6H2,1H3. The largest absolute Gasteiger partial charge is 0.133 e. The smallest absolute Gasteiger partial charge is 0.117 e. The van der Waals surface area contributed by atoms with Gasteiger partial charge in [-0.05, 0) is 6.42 Å². The van der Waals surface area contributed by atoms with Crippen LogP contribution in [-0.4, -0.2) is 7.85 Å². The van der Waals surface area contributed by atoms with Crippen LogP contribution in [0.4, 0.5) is 0 Å². The van der Waals surface area contributed by atoms with Gasteiger partial charge < -0.3 is 0 Å². The zero-order valence-corrected chi connectivity index (χ0v) is 4.62. The maximum atomic E-state index is 3.74. The molecule has 0 amide bonds. The molecule has 0 fully saturated rings. The fourth-order valence-corrected chi connectivity index (χ4v) is 0.427. The maximum Gasteiger partial charge on any atom is 0.133 e. The molecule has 0 aliphatic carbocycles. The molecule has 0 spiro atoms. The van der Waals surface area contributed by atoms with Crippen LogP contribution in [-0.2, 0) is 0 Å². The summed E-state index contributed by atoms with van der Waals surface area (Å²) in [5.41, 5.74) is 1.29. The molecule has 0 rings (SSSR count). The van der Waals surface area contributed by atoms with Crippen LogP contribution in [0, 0.1) is 0 Å². The molecule has 0 saturated carbocycles. The van der Waals surface area contributed by atoms with Gasteiger partial charge in [-0.25, -0.2) is 0 Å². The van der Waals surface area contributed by atoms with E-state index in [1.54, 1.807) is 0 Å². The van der Waals surface area contributed by atoms with Gasteiger partial charge >= 0.3 is 0 Å². The zero-order valence-electron chi connectivity index (χ0n) is 4.62. The first kappa shape index (κ1) is 5.80. The van der Waals surface area contributed by atoms with Crippen molar-refractivity contribution in [3.63, 3.8) is 0 Å². The van der Waals surface area contributed by atoms with E-state index in [1.807, 2.05) is 0 Å². The van der Waals surface area contributed by atoms with E-state index >= 15 is 0 Å². The van der Waals surface area contributed by atoms with E-state index in [4.69, 9.17) is 0 Å². The predicted octanol–water partition coefficient (Wildman–Crippen LogP) is 0.933.